The molecule has 0 unspecified atom stereocenters. The SMILES string of the molecule is Cc1ccc(COc2ccc(Cl)cc2N)cc1C. The van der Waals surface area contributed by atoms with Gasteiger partial charge in [-0.2, -0.15) is 0 Å². The van der Waals surface area contributed by atoms with Crippen LogP contribution in [0.2, 0.25) is 5.02 Å². The van der Waals surface area contributed by atoms with Crippen molar-refractivity contribution in [3.8, 4) is 5.75 Å². The van der Waals surface area contributed by atoms with Crippen molar-refractivity contribution in [3.63, 3.8) is 0 Å². The van der Waals surface area contributed by atoms with E-state index in [4.69, 9.17) is 22.1 Å². The van der Waals surface area contributed by atoms with Crippen LogP contribution in [-0.4, -0.2) is 0 Å². The summed E-state index contributed by atoms with van der Waals surface area (Å²) in [4.78, 5) is 0. The third-order valence-corrected chi connectivity index (χ3v) is 3.17. The number of ether oxygens (including phenoxy) is 1. The maximum Gasteiger partial charge on any atom is 0.142 e. The predicted octanol–water partition coefficient (Wildman–Crippen LogP) is 4.12. The van der Waals surface area contributed by atoms with Crippen LogP contribution in [0.25, 0.3) is 0 Å². The summed E-state index contributed by atoms with van der Waals surface area (Å²) < 4.78 is 5.69. The maximum absolute atomic E-state index is 5.84. The fraction of sp³-hybridized carbons (Fsp3) is 0.200. The van der Waals surface area contributed by atoms with Crippen LogP contribution in [0, 0.1) is 13.8 Å². The number of aryl methyl sites for hydroxylation is 2. The Kier molecular flexibility index (Phi) is 3.78. The molecule has 0 bridgehead atoms. The van der Waals surface area contributed by atoms with E-state index in [2.05, 4.69) is 32.0 Å². The van der Waals surface area contributed by atoms with Gasteiger partial charge in [-0.3, -0.25) is 0 Å². The first-order chi connectivity index (χ1) is 8.56. The Labute approximate surface area is 112 Å². The smallest absolute Gasteiger partial charge is 0.142 e. The number of hydrogen-bond acceptors (Lipinski definition) is 2. The zero-order valence-electron chi connectivity index (χ0n) is 10.5. The zero-order valence-corrected chi connectivity index (χ0v) is 11.3. The van der Waals surface area contributed by atoms with Gasteiger partial charge in [0.25, 0.3) is 0 Å². The van der Waals surface area contributed by atoms with Gasteiger partial charge in [0, 0.05) is 5.02 Å². The van der Waals surface area contributed by atoms with Crippen LogP contribution in [0.5, 0.6) is 5.75 Å². The highest BCUT2D eigenvalue weighted by atomic mass is 35.5. The van der Waals surface area contributed by atoms with Crippen LogP contribution < -0.4 is 10.5 Å². The average molecular weight is 262 g/mol. The third kappa shape index (κ3) is 2.96. The molecule has 94 valence electrons. The van der Waals surface area contributed by atoms with Crippen molar-refractivity contribution >= 4 is 17.3 Å². The summed E-state index contributed by atoms with van der Waals surface area (Å²) in [7, 11) is 0. The number of benzene rings is 2. The van der Waals surface area contributed by atoms with Gasteiger partial charge in [-0.25, -0.2) is 0 Å². The van der Waals surface area contributed by atoms with Crippen molar-refractivity contribution in [2.24, 2.45) is 0 Å². The van der Waals surface area contributed by atoms with Crippen LogP contribution in [-0.2, 0) is 6.61 Å². The molecular formula is C15H16ClNO. The predicted molar refractivity (Wildman–Crippen MR) is 76.1 cm³/mol. The highest BCUT2D eigenvalue weighted by Gasteiger charge is 2.02. The summed E-state index contributed by atoms with van der Waals surface area (Å²) in [6.45, 7) is 4.69. The lowest BCUT2D eigenvalue weighted by Crippen LogP contribution is -1.99. The van der Waals surface area contributed by atoms with Crippen LogP contribution in [0.3, 0.4) is 0 Å². The normalized spacial score (nSPS) is 10.4. The van der Waals surface area contributed by atoms with Gasteiger partial charge in [0.05, 0.1) is 5.69 Å². The quantitative estimate of drug-likeness (QED) is 0.844. The number of hydrogen-bond donors (Lipinski definition) is 1. The number of nitrogens with two attached hydrogens (primary N) is 1. The Morgan fingerprint density at radius 2 is 1.83 bits per heavy atom. The molecule has 0 radical (unpaired) electrons. The maximum atomic E-state index is 5.84. The second-order valence-electron chi connectivity index (χ2n) is 4.39. The van der Waals surface area contributed by atoms with E-state index in [-0.39, 0.29) is 0 Å². The van der Waals surface area contributed by atoms with E-state index in [1.165, 1.54) is 11.1 Å². The second-order valence-corrected chi connectivity index (χ2v) is 4.83. The van der Waals surface area contributed by atoms with E-state index in [9.17, 15) is 0 Å². The molecule has 0 heterocycles. The number of halogens is 1. The topological polar surface area (TPSA) is 35.2 Å². The molecule has 2 aromatic rings. The number of rotatable bonds is 3. The number of nitrogen functional groups attached to an aromatic ring is 1. The van der Waals surface area contributed by atoms with E-state index in [0.29, 0.717) is 23.1 Å². The van der Waals surface area contributed by atoms with Gasteiger partial charge in [-0.1, -0.05) is 29.8 Å². The molecule has 0 saturated heterocycles. The number of anilines is 1. The molecule has 2 N–H and O–H groups in total. The molecule has 2 aromatic carbocycles. The van der Waals surface area contributed by atoms with E-state index >= 15 is 0 Å². The summed E-state index contributed by atoms with van der Waals surface area (Å²) >= 11 is 5.84. The second kappa shape index (κ2) is 5.32. The third-order valence-electron chi connectivity index (χ3n) is 2.94. The van der Waals surface area contributed by atoms with Crippen LogP contribution >= 0.6 is 11.6 Å². The van der Waals surface area contributed by atoms with E-state index < -0.39 is 0 Å². The van der Waals surface area contributed by atoms with Gasteiger partial charge in [0.15, 0.2) is 0 Å². The van der Waals surface area contributed by atoms with Gasteiger partial charge >= 0.3 is 0 Å². The Morgan fingerprint density at radius 3 is 2.50 bits per heavy atom. The average Bonchev–Trinajstić information content (AvgIpc) is 2.32. The van der Waals surface area contributed by atoms with Gasteiger partial charge in [-0.05, 0) is 48.7 Å². The summed E-state index contributed by atoms with van der Waals surface area (Å²) in [5.41, 5.74) is 10.1. The molecule has 0 atom stereocenters. The molecule has 2 nitrogen and oxygen atoms in total. The molecule has 0 aliphatic carbocycles. The Hall–Kier alpha value is -1.67. The van der Waals surface area contributed by atoms with Gasteiger partial charge in [0.2, 0.25) is 0 Å². The lowest BCUT2D eigenvalue weighted by atomic mass is 10.1. The molecule has 2 rings (SSSR count). The molecular weight excluding hydrogens is 246 g/mol. The first-order valence-electron chi connectivity index (χ1n) is 5.80. The largest absolute Gasteiger partial charge is 0.487 e. The molecule has 0 aromatic heterocycles. The summed E-state index contributed by atoms with van der Waals surface area (Å²) in [6.07, 6.45) is 0. The highest BCUT2D eigenvalue weighted by Crippen LogP contribution is 2.25. The first-order valence-corrected chi connectivity index (χ1v) is 6.18. The van der Waals surface area contributed by atoms with Crippen molar-refractivity contribution in [1.82, 2.24) is 0 Å². The molecule has 0 fully saturated rings. The van der Waals surface area contributed by atoms with Crippen LogP contribution in [0.1, 0.15) is 16.7 Å². The van der Waals surface area contributed by atoms with E-state index in [0.717, 1.165) is 5.56 Å². The van der Waals surface area contributed by atoms with E-state index in [1.807, 2.05) is 0 Å². The van der Waals surface area contributed by atoms with Gasteiger partial charge in [0.1, 0.15) is 12.4 Å². The fourth-order valence-corrected chi connectivity index (χ4v) is 1.89. The Bertz CT molecular complexity index is 566. The first kappa shape index (κ1) is 12.8. The van der Waals surface area contributed by atoms with Crippen molar-refractivity contribution in [3.05, 3.63) is 58.1 Å². The molecule has 0 amide bonds. The summed E-state index contributed by atoms with van der Waals surface area (Å²) in [6, 6.07) is 11.5. The molecule has 0 aliphatic rings. The highest BCUT2D eigenvalue weighted by molar-refractivity contribution is 6.30. The van der Waals surface area contributed by atoms with Crippen LogP contribution in [0.4, 0.5) is 5.69 Å². The summed E-state index contributed by atoms with van der Waals surface area (Å²) in [5.74, 6) is 0.664. The monoisotopic (exact) mass is 261 g/mol. The summed E-state index contributed by atoms with van der Waals surface area (Å²) in [5, 5.41) is 0.617. The molecule has 0 saturated carbocycles. The minimum atomic E-state index is 0.507. The molecule has 18 heavy (non-hydrogen) atoms. The lowest BCUT2D eigenvalue weighted by molar-refractivity contribution is 0.308. The standard InChI is InChI=1S/C15H16ClNO/c1-10-3-4-12(7-11(10)2)9-18-15-6-5-13(16)8-14(15)17/h3-8H,9,17H2,1-2H3. The van der Waals surface area contributed by atoms with Crippen molar-refractivity contribution in [2.45, 2.75) is 20.5 Å². The Morgan fingerprint density at radius 1 is 1.06 bits per heavy atom. The fourth-order valence-electron chi connectivity index (χ4n) is 1.71. The van der Waals surface area contributed by atoms with Gasteiger partial charge < -0.3 is 10.5 Å². The van der Waals surface area contributed by atoms with Gasteiger partial charge in [-0.15, -0.1) is 0 Å². The molecule has 0 aliphatic heterocycles. The van der Waals surface area contributed by atoms with E-state index in [1.54, 1.807) is 18.2 Å². The molecule has 0 spiro atoms. The molecule has 3 heteroatoms. The van der Waals surface area contributed by atoms with Crippen molar-refractivity contribution < 1.29 is 4.74 Å². The zero-order chi connectivity index (χ0) is 13.1. The Balaban J connectivity index is 2.09. The minimum Gasteiger partial charge on any atom is -0.487 e. The lowest BCUT2D eigenvalue weighted by Gasteiger charge is -2.10. The minimum absolute atomic E-state index is 0.507. The van der Waals surface area contributed by atoms with Crippen LogP contribution in [0.15, 0.2) is 36.4 Å². The van der Waals surface area contributed by atoms with Crippen molar-refractivity contribution in [1.29, 1.82) is 0 Å². The van der Waals surface area contributed by atoms with Crippen molar-refractivity contribution in [2.75, 3.05) is 5.73 Å².